The first-order valence-electron chi connectivity index (χ1n) is 4.43. The highest BCUT2D eigenvalue weighted by Crippen LogP contribution is 2.20. The average molecular weight is 207 g/mol. The number of nitrogens with one attached hydrogen (secondary N) is 1. The molecule has 78 valence electrons. The number of allylic oxidation sites excluding steroid dienone is 1. The van der Waals surface area contributed by atoms with Crippen LogP contribution in [0.15, 0.2) is 42.4 Å². The minimum Gasteiger partial charge on any atom is -0.500 e. The molecule has 1 aromatic carbocycles. The van der Waals surface area contributed by atoms with Gasteiger partial charge in [-0.3, -0.25) is 0 Å². The van der Waals surface area contributed by atoms with E-state index in [-0.39, 0.29) is 5.82 Å². The van der Waals surface area contributed by atoms with Crippen molar-refractivity contribution in [1.82, 2.24) is 5.48 Å². The number of ether oxygens (including phenoxy) is 1. The maximum absolute atomic E-state index is 12.7. The molecule has 0 saturated heterocycles. The summed E-state index contributed by atoms with van der Waals surface area (Å²) in [6.07, 6.45) is 3.25. The number of halogens is 1. The molecule has 0 aliphatic carbocycles. The van der Waals surface area contributed by atoms with Crippen molar-refractivity contribution in [3.8, 4) is 0 Å². The van der Waals surface area contributed by atoms with Gasteiger partial charge in [0.15, 0.2) is 5.76 Å². The van der Waals surface area contributed by atoms with Gasteiger partial charge in [0, 0.05) is 11.6 Å². The highest BCUT2D eigenvalue weighted by atomic mass is 19.1. The topological polar surface area (TPSA) is 30.5 Å². The number of methoxy groups -OCH3 is 1. The molecule has 0 unspecified atom stereocenters. The highest BCUT2D eigenvalue weighted by Gasteiger charge is 2.11. The fourth-order valence-electron chi connectivity index (χ4n) is 1.26. The number of hydroxylamine groups is 1. The van der Waals surface area contributed by atoms with Gasteiger partial charge >= 0.3 is 0 Å². The first-order valence-corrected chi connectivity index (χ1v) is 4.43. The maximum Gasteiger partial charge on any atom is 0.191 e. The van der Waals surface area contributed by atoms with Crippen LogP contribution in [0.3, 0.4) is 0 Å². The van der Waals surface area contributed by atoms with Crippen LogP contribution in [0.4, 0.5) is 4.39 Å². The molecule has 3 nitrogen and oxygen atoms in total. The van der Waals surface area contributed by atoms with Gasteiger partial charge < -0.3 is 9.57 Å². The Morgan fingerprint density at radius 3 is 2.73 bits per heavy atom. The van der Waals surface area contributed by atoms with Crippen molar-refractivity contribution in [2.45, 2.75) is 0 Å². The Labute approximate surface area is 86.8 Å². The summed E-state index contributed by atoms with van der Waals surface area (Å²) in [4.78, 5) is 5.09. The Hall–Kier alpha value is -1.97. The van der Waals surface area contributed by atoms with Gasteiger partial charge in [0.1, 0.15) is 12.1 Å². The lowest BCUT2D eigenvalue weighted by Gasteiger charge is -2.02. The summed E-state index contributed by atoms with van der Waals surface area (Å²) in [6, 6.07) is 6.15. The second-order valence-corrected chi connectivity index (χ2v) is 3.02. The van der Waals surface area contributed by atoms with Crippen LogP contribution in [0.1, 0.15) is 5.56 Å². The van der Waals surface area contributed by atoms with Gasteiger partial charge in [-0.15, -0.1) is 0 Å². The fourth-order valence-corrected chi connectivity index (χ4v) is 1.26. The summed E-state index contributed by atoms with van der Waals surface area (Å²) in [6.45, 7) is 0. The largest absolute Gasteiger partial charge is 0.500 e. The van der Waals surface area contributed by atoms with Gasteiger partial charge in [0.2, 0.25) is 0 Å². The van der Waals surface area contributed by atoms with E-state index in [1.54, 1.807) is 25.3 Å². The summed E-state index contributed by atoms with van der Waals surface area (Å²) >= 11 is 0. The van der Waals surface area contributed by atoms with Crippen LogP contribution in [0.2, 0.25) is 0 Å². The van der Waals surface area contributed by atoms with Crippen LogP contribution in [-0.2, 0) is 9.57 Å². The Bertz CT molecular complexity index is 409. The van der Waals surface area contributed by atoms with Gasteiger partial charge in [-0.25, -0.2) is 9.87 Å². The van der Waals surface area contributed by atoms with Crippen molar-refractivity contribution in [1.29, 1.82) is 0 Å². The summed E-state index contributed by atoms with van der Waals surface area (Å²) in [7, 11) is 1.54. The third kappa shape index (κ3) is 2.10. The molecule has 4 heteroatoms. The minimum absolute atomic E-state index is 0.258. The molecule has 0 spiro atoms. The van der Waals surface area contributed by atoms with Crippen molar-refractivity contribution >= 4 is 5.70 Å². The Balaban J connectivity index is 2.22. The molecule has 0 aromatic heterocycles. The van der Waals surface area contributed by atoms with Crippen LogP contribution in [0.25, 0.3) is 5.70 Å². The van der Waals surface area contributed by atoms with Crippen LogP contribution < -0.4 is 5.48 Å². The molecule has 2 rings (SSSR count). The van der Waals surface area contributed by atoms with Crippen molar-refractivity contribution in [3.05, 3.63) is 53.7 Å². The van der Waals surface area contributed by atoms with Crippen molar-refractivity contribution in [2.24, 2.45) is 0 Å². The lowest BCUT2D eigenvalue weighted by molar-refractivity contribution is 0.163. The Kier molecular flexibility index (Phi) is 2.58. The zero-order valence-electron chi connectivity index (χ0n) is 8.16. The van der Waals surface area contributed by atoms with Gasteiger partial charge in [-0.1, -0.05) is 0 Å². The molecule has 1 N–H and O–H groups in total. The molecule has 0 fully saturated rings. The highest BCUT2D eigenvalue weighted by molar-refractivity contribution is 5.67. The van der Waals surface area contributed by atoms with Crippen LogP contribution in [0.5, 0.6) is 0 Å². The second kappa shape index (κ2) is 4.04. The van der Waals surface area contributed by atoms with E-state index < -0.39 is 0 Å². The molecule has 0 amide bonds. The van der Waals surface area contributed by atoms with Crippen molar-refractivity contribution < 1.29 is 14.0 Å². The zero-order valence-corrected chi connectivity index (χ0v) is 8.16. The molecule has 1 aliphatic rings. The normalized spacial score (nSPS) is 16.9. The van der Waals surface area contributed by atoms with E-state index in [9.17, 15) is 4.39 Å². The van der Waals surface area contributed by atoms with Crippen LogP contribution >= 0.6 is 0 Å². The summed E-state index contributed by atoms with van der Waals surface area (Å²) in [5.41, 5.74) is 4.35. The predicted octanol–water partition coefficient (Wildman–Crippen LogP) is 2.19. The average Bonchev–Trinajstić information content (AvgIpc) is 2.68. The first-order chi connectivity index (χ1) is 7.29. The first kappa shape index (κ1) is 9.58. The van der Waals surface area contributed by atoms with Crippen LogP contribution in [-0.4, -0.2) is 7.11 Å². The Morgan fingerprint density at radius 2 is 2.07 bits per heavy atom. The summed E-state index contributed by atoms with van der Waals surface area (Å²) < 4.78 is 17.5. The molecule has 1 aliphatic heterocycles. The SMILES string of the molecule is COC=C1C=C(c2ccc(F)cc2)NO1. The fraction of sp³-hybridized carbons (Fsp3) is 0.0909. The quantitative estimate of drug-likeness (QED) is 0.754. The number of hydrogen-bond donors (Lipinski definition) is 1. The lowest BCUT2D eigenvalue weighted by atomic mass is 10.1. The van der Waals surface area contributed by atoms with E-state index >= 15 is 0 Å². The molecule has 1 heterocycles. The zero-order chi connectivity index (χ0) is 10.7. The molecule has 0 bridgehead atoms. The van der Waals surface area contributed by atoms with Crippen molar-refractivity contribution in [3.63, 3.8) is 0 Å². The standard InChI is InChI=1S/C11H10FNO2/c1-14-7-10-6-11(13-15-10)8-2-4-9(12)5-3-8/h2-7,13H,1H3. The lowest BCUT2D eigenvalue weighted by Crippen LogP contribution is -2.04. The second-order valence-electron chi connectivity index (χ2n) is 3.02. The minimum atomic E-state index is -0.258. The van der Waals surface area contributed by atoms with Crippen LogP contribution in [0, 0.1) is 5.82 Å². The number of rotatable bonds is 2. The van der Waals surface area contributed by atoms with E-state index in [2.05, 4.69) is 5.48 Å². The molecular formula is C11H10FNO2. The maximum atomic E-state index is 12.7. The number of benzene rings is 1. The van der Waals surface area contributed by atoms with Crippen molar-refractivity contribution in [2.75, 3.05) is 7.11 Å². The molecular weight excluding hydrogens is 197 g/mol. The van der Waals surface area contributed by atoms with E-state index in [1.165, 1.54) is 18.4 Å². The van der Waals surface area contributed by atoms with E-state index in [1.807, 2.05) is 0 Å². The number of hydrogen-bond acceptors (Lipinski definition) is 3. The van der Waals surface area contributed by atoms with Gasteiger partial charge in [0.25, 0.3) is 0 Å². The molecule has 0 radical (unpaired) electrons. The van der Waals surface area contributed by atoms with E-state index in [0.717, 1.165) is 11.3 Å². The third-order valence-corrected chi connectivity index (χ3v) is 1.95. The summed E-state index contributed by atoms with van der Waals surface area (Å²) in [5.74, 6) is 0.322. The monoisotopic (exact) mass is 207 g/mol. The van der Waals surface area contributed by atoms with E-state index in [0.29, 0.717) is 5.76 Å². The molecule has 1 aromatic rings. The Morgan fingerprint density at radius 1 is 1.33 bits per heavy atom. The summed E-state index contributed by atoms with van der Waals surface area (Å²) in [5, 5.41) is 0. The molecule has 15 heavy (non-hydrogen) atoms. The van der Waals surface area contributed by atoms with Gasteiger partial charge in [-0.2, -0.15) is 0 Å². The van der Waals surface area contributed by atoms with E-state index in [4.69, 9.17) is 9.57 Å². The smallest absolute Gasteiger partial charge is 0.191 e. The third-order valence-electron chi connectivity index (χ3n) is 1.95. The molecule has 0 atom stereocenters. The van der Waals surface area contributed by atoms with Gasteiger partial charge in [0.05, 0.1) is 12.8 Å². The molecule has 0 saturated carbocycles. The van der Waals surface area contributed by atoms with Gasteiger partial charge in [-0.05, 0) is 24.3 Å². The predicted molar refractivity (Wildman–Crippen MR) is 53.7 cm³/mol.